The van der Waals surface area contributed by atoms with Crippen molar-refractivity contribution in [2.24, 2.45) is 5.73 Å². The first-order chi connectivity index (χ1) is 8.04. The SMILES string of the molecule is CN(C)C(=O)Cn1ncc(NCCN)cc1=O. The van der Waals surface area contributed by atoms with Gasteiger partial charge in [0.15, 0.2) is 0 Å². The molecule has 0 aliphatic carbocycles. The van der Waals surface area contributed by atoms with Crippen molar-refractivity contribution >= 4 is 11.6 Å². The van der Waals surface area contributed by atoms with Crippen LogP contribution < -0.4 is 16.6 Å². The van der Waals surface area contributed by atoms with Gasteiger partial charge >= 0.3 is 0 Å². The summed E-state index contributed by atoms with van der Waals surface area (Å²) in [6.07, 6.45) is 1.50. The average molecular weight is 239 g/mol. The molecule has 0 saturated carbocycles. The molecule has 3 N–H and O–H groups in total. The number of carbonyl (C=O) groups excluding carboxylic acids is 1. The molecule has 0 spiro atoms. The number of anilines is 1. The van der Waals surface area contributed by atoms with E-state index in [0.717, 1.165) is 4.68 Å². The number of aromatic nitrogens is 2. The van der Waals surface area contributed by atoms with Crippen molar-refractivity contribution < 1.29 is 4.79 Å². The van der Waals surface area contributed by atoms with E-state index in [2.05, 4.69) is 10.4 Å². The normalized spacial score (nSPS) is 10.1. The third-order valence-corrected chi connectivity index (χ3v) is 2.13. The summed E-state index contributed by atoms with van der Waals surface area (Å²) >= 11 is 0. The van der Waals surface area contributed by atoms with Crippen LogP contribution in [0.4, 0.5) is 5.69 Å². The van der Waals surface area contributed by atoms with E-state index in [1.807, 2.05) is 0 Å². The zero-order valence-electron chi connectivity index (χ0n) is 10.0. The van der Waals surface area contributed by atoms with E-state index in [-0.39, 0.29) is 18.0 Å². The maximum atomic E-state index is 11.6. The van der Waals surface area contributed by atoms with Crippen LogP contribution >= 0.6 is 0 Å². The van der Waals surface area contributed by atoms with Crippen LogP contribution in [-0.4, -0.2) is 47.8 Å². The lowest BCUT2D eigenvalue weighted by Gasteiger charge is -2.11. The minimum atomic E-state index is -0.317. The summed E-state index contributed by atoms with van der Waals surface area (Å²) in [6.45, 7) is 0.993. The summed E-state index contributed by atoms with van der Waals surface area (Å²) in [5.41, 5.74) is 5.62. The van der Waals surface area contributed by atoms with E-state index in [4.69, 9.17) is 5.73 Å². The predicted octanol–water partition coefficient (Wildman–Crippen LogP) is -1.30. The van der Waals surface area contributed by atoms with Gasteiger partial charge in [-0.1, -0.05) is 0 Å². The molecule has 0 aliphatic heterocycles. The molecule has 7 nitrogen and oxygen atoms in total. The third-order valence-electron chi connectivity index (χ3n) is 2.13. The van der Waals surface area contributed by atoms with Crippen LogP contribution in [0, 0.1) is 0 Å². The fraction of sp³-hybridized carbons (Fsp3) is 0.500. The number of nitrogens with two attached hydrogens (primary N) is 1. The van der Waals surface area contributed by atoms with Gasteiger partial charge in [0, 0.05) is 33.3 Å². The Bertz CT molecular complexity index is 441. The zero-order chi connectivity index (χ0) is 12.8. The van der Waals surface area contributed by atoms with Crippen LogP contribution in [0.1, 0.15) is 0 Å². The summed E-state index contributed by atoms with van der Waals surface area (Å²) in [6, 6.07) is 1.39. The fourth-order valence-electron chi connectivity index (χ4n) is 1.14. The van der Waals surface area contributed by atoms with E-state index in [9.17, 15) is 9.59 Å². The summed E-state index contributed by atoms with van der Waals surface area (Å²) in [5, 5.41) is 6.85. The molecule has 0 fully saturated rings. The smallest absolute Gasteiger partial charge is 0.269 e. The molecule has 17 heavy (non-hydrogen) atoms. The number of nitrogens with one attached hydrogen (secondary N) is 1. The van der Waals surface area contributed by atoms with Crippen molar-refractivity contribution in [3.63, 3.8) is 0 Å². The Balaban J connectivity index is 2.76. The number of rotatable bonds is 5. The summed E-state index contributed by atoms with van der Waals surface area (Å²) < 4.78 is 1.12. The first kappa shape index (κ1) is 13.2. The first-order valence-electron chi connectivity index (χ1n) is 5.26. The lowest BCUT2D eigenvalue weighted by molar-refractivity contribution is -0.129. The number of nitrogens with zero attached hydrogens (tertiary/aromatic N) is 3. The summed E-state index contributed by atoms with van der Waals surface area (Å²) in [7, 11) is 3.26. The quantitative estimate of drug-likeness (QED) is 0.666. The van der Waals surface area contributed by atoms with Crippen LogP contribution in [0.2, 0.25) is 0 Å². The molecule has 1 rings (SSSR count). The van der Waals surface area contributed by atoms with Gasteiger partial charge in [0.2, 0.25) is 5.91 Å². The van der Waals surface area contributed by atoms with Gasteiger partial charge in [-0.25, -0.2) is 4.68 Å². The Morgan fingerprint density at radius 1 is 1.59 bits per heavy atom. The van der Waals surface area contributed by atoms with Crippen molar-refractivity contribution in [3.05, 3.63) is 22.6 Å². The summed E-state index contributed by atoms with van der Waals surface area (Å²) in [5.74, 6) is -0.178. The second-order valence-corrected chi connectivity index (χ2v) is 3.74. The van der Waals surface area contributed by atoms with Crippen molar-refractivity contribution in [1.82, 2.24) is 14.7 Å². The van der Waals surface area contributed by atoms with Crippen LogP contribution in [0.15, 0.2) is 17.1 Å². The van der Waals surface area contributed by atoms with Crippen LogP contribution in [0.3, 0.4) is 0 Å². The van der Waals surface area contributed by atoms with Gasteiger partial charge in [-0.05, 0) is 0 Å². The first-order valence-corrected chi connectivity index (χ1v) is 5.26. The van der Waals surface area contributed by atoms with Gasteiger partial charge in [0.25, 0.3) is 5.56 Å². The molecule has 0 aromatic carbocycles. The van der Waals surface area contributed by atoms with E-state index in [0.29, 0.717) is 18.8 Å². The van der Waals surface area contributed by atoms with Crippen LogP contribution in [0.5, 0.6) is 0 Å². The Labute approximate surface area is 99.2 Å². The second-order valence-electron chi connectivity index (χ2n) is 3.74. The van der Waals surface area contributed by atoms with E-state index < -0.39 is 0 Å². The van der Waals surface area contributed by atoms with E-state index >= 15 is 0 Å². The molecule has 94 valence electrons. The van der Waals surface area contributed by atoms with Crippen molar-refractivity contribution in [3.8, 4) is 0 Å². The minimum absolute atomic E-state index is 0.0526. The van der Waals surface area contributed by atoms with Crippen LogP contribution in [0.25, 0.3) is 0 Å². The molecular weight excluding hydrogens is 222 g/mol. The fourth-order valence-corrected chi connectivity index (χ4v) is 1.14. The molecule has 7 heteroatoms. The third kappa shape index (κ3) is 3.87. The Morgan fingerprint density at radius 3 is 2.82 bits per heavy atom. The van der Waals surface area contributed by atoms with E-state index in [1.54, 1.807) is 14.1 Å². The number of hydrogen-bond donors (Lipinski definition) is 2. The molecular formula is C10H17N5O2. The topological polar surface area (TPSA) is 93.2 Å². The Morgan fingerprint density at radius 2 is 2.29 bits per heavy atom. The molecule has 0 aliphatic rings. The van der Waals surface area contributed by atoms with Gasteiger partial charge in [-0.2, -0.15) is 5.10 Å². The highest BCUT2D eigenvalue weighted by atomic mass is 16.2. The van der Waals surface area contributed by atoms with E-state index in [1.165, 1.54) is 17.2 Å². The molecule has 0 atom stereocenters. The van der Waals surface area contributed by atoms with Crippen molar-refractivity contribution in [1.29, 1.82) is 0 Å². The molecule has 0 bridgehead atoms. The highest BCUT2D eigenvalue weighted by molar-refractivity contribution is 5.75. The number of amides is 1. The van der Waals surface area contributed by atoms with Gasteiger partial charge in [-0.15, -0.1) is 0 Å². The average Bonchev–Trinajstić information content (AvgIpc) is 2.29. The standard InChI is InChI=1S/C10H17N5O2/c1-14(2)10(17)7-15-9(16)5-8(6-13-15)12-4-3-11/h5-6,12H,3-4,7,11H2,1-2H3. The minimum Gasteiger partial charge on any atom is -0.382 e. The maximum absolute atomic E-state index is 11.6. The van der Waals surface area contributed by atoms with Gasteiger partial charge in [0.05, 0.1) is 11.9 Å². The lowest BCUT2D eigenvalue weighted by Crippen LogP contribution is -2.32. The molecule has 0 radical (unpaired) electrons. The molecule has 1 heterocycles. The van der Waals surface area contributed by atoms with Gasteiger partial charge < -0.3 is 16.0 Å². The second kappa shape index (κ2) is 6.00. The maximum Gasteiger partial charge on any atom is 0.269 e. The van der Waals surface area contributed by atoms with Crippen LogP contribution in [-0.2, 0) is 11.3 Å². The molecule has 0 unspecified atom stereocenters. The number of carbonyl (C=O) groups is 1. The molecule has 1 amide bonds. The van der Waals surface area contributed by atoms with Crippen molar-refractivity contribution in [2.45, 2.75) is 6.54 Å². The van der Waals surface area contributed by atoms with Crippen molar-refractivity contribution in [2.75, 3.05) is 32.5 Å². The monoisotopic (exact) mass is 239 g/mol. The number of hydrogen-bond acceptors (Lipinski definition) is 5. The summed E-state index contributed by atoms with van der Waals surface area (Å²) in [4.78, 5) is 24.4. The predicted molar refractivity (Wildman–Crippen MR) is 64.7 cm³/mol. The highest BCUT2D eigenvalue weighted by Gasteiger charge is 2.07. The number of likely N-dealkylation sites (N-methyl/N-ethyl adjacent to an activating group) is 1. The Kier molecular flexibility index (Phi) is 4.65. The zero-order valence-corrected chi connectivity index (χ0v) is 10.0. The van der Waals surface area contributed by atoms with Gasteiger partial charge in [-0.3, -0.25) is 9.59 Å². The highest BCUT2D eigenvalue weighted by Crippen LogP contribution is 1.98. The molecule has 0 saturated heterocycles. The largest absolute Gasteiger partial charge is 0.382 e. The molecule has 1 aromatic rings. The lowest BCUT2D eigenvalue weighted by atomic mass is 10.4. The Hall–Kier alpha value is -1.89. The molecule has 1 aromatic heterocycles. The van der Waals surface area contributed by atoms with Gasteiger partial charge in [0.1, 0.15) is 6.54 Å².